The number of hydrogen-bond donors (Lipinski definition) is 2. The Kier molecular flexibility index (Phi) is 6.61. The second kappa shape index (κ2) is 9.99. The summed E-state index contributed by atoms with van der Waals surface area (Å²) >= 11 is 0. The number of hydrogen-bond acceptors (Lipinski definition) is 6. The highest BCUT2D eigenvalue weighted by atomic mass is 19.1. The Morgan fingerprint density at radius 3 is 2.69 bits per heavy atom. The average Bonchev–Trinajstić information content (AvgIpc) is 3.39. The van der Waals surface area contributed by atoms with Crippen molar-refractivity contribution in [2.75, 3.05) is 31.7 Å². The van der Waals surface area contributed by atoms with Crippen molar-refractivity contribution < 1.29 is 8.78 Å². The number of nitriles is 1. The summed E-state index contributed by atoms with van der Waals surface area (Å²) in [5, 5.41) is 12.5. The molecule has 184 valence electrons. The number of piperidine rings is 1. The van der Waals surface area contributed by atoms with Crippen molar-refractivity contribution >= 4 is 16.9 Å². The van der Waals surface area contributed by atoms with Crippen molar-refractivity contribution in [2.45, 2.75) is 31.7 Å². The average molecular weight is 488 g/mol. The number of benzene rings is 2. The molecule has 2 N–H and O–H groups in total. The van der Waals surface area contributed by atoms with Crippen molar-refractivity contribution in [1.82, 2.24) is 25.3 Å². The van der Waals surface area contributed by atoms with E-state index >= 15 is 0 Å². The van der Waals surface area contributed by atoms with Crippen LogP contribution in [0.1, 0.15) is 36.8 Å². The number of nitrogens with one attached hydrogen (secondary N) is 2. The number of H-pyrrole nitrogens is 1. The number of rotatable bonds is 6. The minimum absolute atomic E-state index is 0.0387. The lowest BCUT2D eigenvalue weighted by molar-refractivity contribution is 0.440. The molecule has 1 unspecified atom stereocenters. The number of halogens is 2. The standard InChI is InChI=1S/C27H27F2N7/c1-16(12-28)20-10-23-24(34-15-33-23)11-21(20)27-26(17-3-4-18(13-30)22(29)9-17)35-25(14-32-27)36-7-5-19(31-2)6-8-36/h3-4,9-11,14-16,19,31H,5-8,12H2,1-2H3,(H,33,34). The fraction of sp³-hybridized carbons (Fsp3) is 0.333. The van der Waals surface area contributed by atoms with Gasteiger partial charge in [-0.05, 0) is 49.7 Å². The summed E-state index contributed by atoms with van der Waals surface area (Å²) in [4.78, 5) is 19.4. The molecule has 3 heterocycles. The quantitative estimate of drug-likeness (QED) is 0.399. The summed E-state index contributed by atoms with van der Waals surface area (Å²) in [6, 6.07) is 10.5. The Bertz CT molecular complexity index is 1430. The maximum atomic E-state index is 14.7. The molecule has 2 aromatic carbocycles. The van der Waals surface area contributed by atoms with Gasteiger partial charge in [0.05, 0.1) is 47.2 Å². The van der Waals surface area contributed by atoms with Crippen LogP contribution in [0.25, 0.3) is 33.5 Å². The van der Waals surface area contributed by atoms with Crippen molar-refractivity contribution in [3.05, 3.63) is 59.8 Å². The Morgan fingerprint density at radius 2 is 2.00 bits per heavy atom. The van der Waals surface area contributed by atoms with E-state index in [0.717, 1.165) is 42.5 Å². The third-order valence-corrected chi connectivity index (χ3v) is 6.96. The third kappa shape index (κ3) is 4.40. The summed E-state index contributed by atoms with van der Waals surface area (Å²) in [6.45, 7) is 2.92. The third-order valence-electron chi connectivity index (χ3n) is 6.96. The Balaban J connectivity index is 1.69. The van der Waals surface area contributed by atoms with Gasteiger partial charge in [-0.25, -0.2) is 14.4 Å². The van der Waals surface area contributed by atoms with Crippen LogP contribution in [0.3, 0.4) is 0 Å². The van der Waals surface area contributed by atoms with Crippen molar-refractivity contribution in [1.29, 1.82) is 5.26 Å². The molecule has 1 aliphatic rings. The van der Waals surface area contributed by atoms with Crippen LogP contribution in [0.15, 0.2) is 42.9 Å². The Labute approximate surface area is 208 Å². The number of aromatic amines is 1. The van der Waals surface area contributed by atoms with E-state index in [2.05, 4.69) is 20.2 Å². The van der Waals surface area contributed by atoms with E-state index in [0.29, 0.717) is 34.4 Å². The molecular formula is C27H27F2N7. The summed E-state index contributed by atoms with van der Waals surface area (Å²) in [7, 11) is 1.97. The zero-order valence-corrected chi connectivity index (χ0v) is 20.2. The van der Waals surface area contributed by atoms with Gasteiger partial charge in [0.1, 0.15) is 17.7 Å². The highest BCUT2D eigenvalue weighted by molar-refractivity contribution is 5.88. The number of anilines is 1. The first-order valence-electron chi connectivity index (χ1n) is 12.0. The van der Waals surface area contributed by atoms with E-state index in [1.165, 1.54) is 12.1 Å². The molecule has 0 amide bonds. The van der Waals surface area contributed by atoms with E-state index in [1.54, 1.807) is 18.6 Å². The fourth-order valence-electron chi connectivity index (χ4n) is 4.78. The van der Waals surface area contributed by atoms with Crippen LogP contribution in [0, 0.1) is 17.1 Å². The molecule has 5 rings (SSSR count). The lowest BCUT2D eigenvalue weighted by Gasteiger charge is -2.32. The molecule has 1 saturated heterocycles. The molecule has 0 bridgehead atoms. The zero-order valence-electron chi connectivity index (χ0n) is 20.2. The van der Waals surface area contributed by atoms with Crippen molar-refractivity contribution in [3.63, 3.8) is 0 Å². The molecule has 0 spiro atoms. The van der Waals surface area contributed by atoms with Gasteiger partial charge < -0.3 is 15.2 Å². The van der Waals surface area contributed by atoms with E-state index in [9.17, 15) is 14.0 Å². The predicted octanol–water partition coefficient (Wildman–Crippen LogP) is 4.96. The van der Waals surface area contributed by atoms with Gasteiger partial charge in [-0.1, -0.05) is 13.0 Å². The number of nitrogens with zero attached hydrogens (tertiary/aromatic N) is 5. The van der Waals surface area contributed by atoms with Gasteiger partial charge in [-0.2, -0.15) is 5.26 Å². The molecule has 4 aromatic rings. The van der Waals surface area contributed by atoms with Crippen LogP contribution < -0.4 is 10.2 Å². The largest absolute Gasteiger partial charge is 0.355 e. The first-order chi connectivity index (χ1) is 17.5. The molecule has 0 saturated carbocycles. The molecule has 7 nitrogen and oxygen atoms in total. The van der Waals surface area contributed by atoms with Crippen LogP contribution in [-0.4, -0.2) is 52.8 Å². The van der Waals surface area contributed by atoms with E-state index in [-0.39, 0.29) is 11.5 Å². The topological polar surface area (TPSA) is 93.5 Å². The lowest BCUT2D eigenvalue weighted by atomic mass is 9.92. The maximum Gasteiger partial charge on any atom is 0.147 e. The van der Waals surface area contributed by atoms with Crippen LogP contribution in [0.2, 0.25) is 0 Å². The molecule has 9 heteroatoms. The minimum Gasteiger partial charge on any atom is -0.355 e. The lowest BCUT2D eigenvalue weighted by Crippen LogP contribution is -2.41. The molecule has 1 atom stereocenters. The van der Waals surface area contributed by atoms with E-state index < -0.39 is 12.5 Å². The van der Waals surface area contributed by atoms with Crippen molar-refractivity contribution in [3.8, 4) is 28.6 Å². The number of aromatic nitrogens is 4. The van der Waals surface area contributed by atoms with Crippen molar-refractivity contribution in [2.24, 2.45) is 0 Å². The summed E-state index contributed by atoms with van der Waals surface area (Å²) in [6.07, 6.45) is 5.29. The Hall–Kier alpha value is -3.90. The molecule has 1 fully saturated rings. The van der Waals surface area contributed by atoms with Gasteiger partial charge in [0.2, 0.25) is 0 Å². The normalized spacial score (nSPS) is 15.2. The number of fused-ring (bicyclic) bond motifs is 1. The highest BCUT2D eigenvalue weighted by Crippen LogP contribution is 2.38. The first-order valence-corrected chi connectivity index (χ1v) is 12.0. The second-order valence-corrected chi connectivity index (χ2v) is 9.20. The molecule has 0 aliphatic carbocycles. The number of alkyl halides is 1. The summed E-state index contributed by atoms with van der Waals surface area (Å²) in [5.41, 5.74) is 4.45. The van der Waals surface area contributed by atoms with Crippen LogP contribution >= 0.6 is 0 Å². The highest BCUT2D eigenvalue weighted by Gasteiger charge is 2.24. The van der Waals surface area contributed by atoms with Crippen LogP contribution in [0.5, 0.6) is 0 Å². The van der Waals surface area contributed by atoms with Gasteiger partial charge in [0, 0.05) is 36.2 Å². The summed E-state index contributed by atoms with van der Waals surface area (Å²) < 4.78 is 28.6. The smallest absolute Gasteiger partial charge is 0.147 e. The second-order valence-electron chi connectivity index (χ2n) is 9.20. The molecule has 2 aromatic heterocycles. The minimum atomic E-state index is -0.622. The molecule has 1 aliphatic heterocycles. The predicted molar refractivity (Wildman–Crippen MR) is 136 cm³/mol. The van der Waals surface area contributed by atoms with E-state index in [4.69, 9.17) is 9.97 Å². The van der Waals surface area contributed by atoms with Gasteiger partial charge in [0.25, 0.3) is 0 Å². The summed E-state index contributed by atoms with van der Waals surface area (Å²) in [5.74, 6) is -0.308. The monoisotopic (exact) mass is 487 g/mol. The van der Waals surface area contributed by atoms with Crippen LogP contribution in [0.4, 0.5) is 14.6 Å². The van der Waals surface area contributed by atoms with Gasteiger partial charge in [0.15, 0.2) is 0 Å². The maximum absolute atomic E-state index is 14.7. The SMILES string of the molecule is CNC1CCN(c2cnc(-c3cc4nc[nH]c4cc3C(C)CF)c(-c3ccc(C#N)c(F)c3)n2)CC1. The van der Waals surface area contributed by atoms with Gasteiger partial charge in [-0.15, -0.1) is 0 Å². The molecular weight excluding hydrogens is 460 g/mol. The van der Waals surface area contributed by atoms with Gasteiger partial charge in [-0.3, -0.25) is 9.37 Å². The Morgan fingerprint density at radius 1 is 1.19 bits per heavy atom. The first kappa shape index (κ1) is 23.8. The molecule has 0 radical (unpaired) electrons. The fourth-order valence-corrected chi connectivity index (χ4v) is 4.78. The van der Waals surface area contributed by atoms with Gasteiger partial charge >= 0.3 is 0 Å². The zero-order chi connectivity index (χ0) is 25.2. The van der Waals surface area contributed by atoms with Crippen LogP contribution in [-0.2, 0) is 0 Å². The number of imidazole rings is 1. The molecule has 36 heavy (non-hydrogen) atoms. The van der Waals surface area contributed by atoms with E-state index in [1.807, 2.05) is 32.2 Å².